The Kier molecular flexibility index (Phi) is 7.00. The molecule has 170 valence electrons. The second kappa shape index (κ2) is 9.16. The van der Waals surface area contributed by atoms with E-state index in [-0.39, 0.29) is 13.3 Å². The largest absolute Gasteiger partial charge is 0.454 e. The second-order valence-corrected chi connectivity index (χ2v) is 7.21. The number of β-amino-alcohol motifs (C(OH)–C–C–N with tert-alkyl or cyclic N) is 1. The summed E-state index contributed by atoms with van der Waals surface area (Å²) < 4.78 is 89.3. The summed E-state index contributed by atoms with van der Waals surface area (Å²) in [4.78, 5) is 3.93. The first-order chi connectivity index (χ1) is 14.0. The van der Waals surface area contributed by atoms with Crippen LogP contribution in [0.4, 0.5) is 26.3 Å². The SMILES string of the molecule is O[C@@H](COC(C(F)(F)F)C(F)(F)F)CN1CCN(Cc2ccc3c(c2)OCO3)CC1. The summed E-state index contributed by atoms with van der Waals surface area (Å²) in [6.07, 6.45) is -16.5. The van der Waals surface area contributed by atoms with Crippen molar-refractivity contribution < 1.29 is 45.7 Å². The molecule has 0 amide bonds. The van der Waals surface area contributed by atoms with Gasteiger partial charge in [0.25, 0.3) is 0 Å². The minimum atomic E-state index is -5.59. The van der Waals surface area contributed by atoms with Gasteiger partial charge in [0.05, 0.1) is 12.7 Å². The van der Waals surface area contributed by atoms with Crippen molar-refractivity contribution in [3.63, 3.8) is 0 Å². The summed E-state index contributed by atoms with van der Waals surface area (Å²) >= 11 is 0. The molecule has 3 rings (SSSR count). The number of aliphatic hydroxyl groups excluding tert-OH is 1. The van der Waals surface area contributed by atoms with Crippen LogP contribution in [0.1, 0.15) is 5.56 Å². The second-order valence-electron chi connectivity index (χ2n) is 7.21. The number of hydrogen-bond donors (Lipinski definition) is 1. The van der Waals surface area contributed by atoms with Crippen LogP contribution >= 0.6 is 0 Å². The van der Waals surface area contributed by atoms with E-state index in [1.165, 1.54) is 0 Å². The first-order valence-corrected chi connectivity index (χ1v) is 9.28. The minimum Gasteiger partial charge on any atom is -0.454 e. The lowest BCUT2D eigenvalue weighted by molar-refractivity contribution is -0.324. The van der Waals surface area contributed by atoms with Gasteiger partial charge in [-0.25, -0.2) is 0 Å². The van der Waals surface area contributed by atoms with E-state index in [4.69, 9.17) is 9.47 Å². The zero-order valence-electron chi connectivity index (χ0n) is 15.9. The molecule has 1 saturated heterocycles. The number of fused-ring (bicyclic) bond motifs is 1. The van der Waals surface area contributed by atoms with Crippen molar-refractivity contribution in [1.82, 2.24) is 9.80 Å². The van der Waals surface area contributed by atoms with Gasteiger partial charge in [0.2, 0.25) is 12.9 Å². The number of nitrogens with zero attached hydrogens (tertiary/aromatic N) is 2. The molecule has 0 saturated carbocycles. The molecule has 1 atom stereocenters. The fraction of sp³-hybridized carbons (Fsp3) is 0.667. The minimum absolute atomic E-state index is 0.0691. The summed E-state index contributed by atoms with van der Waals surface area (Å²) in [5.74, 6) is 1.38. The molecule has 2 aliphatic rings. The first-order valence-electron chi connectivity index (χ1n) is 9.28. The van der Waals surface area contributed by atoms with Gasteiger partial charge in [-0.05, 0) is 17.7 Å². The highest BCUT2D eigenvalue weighted by molar-refractivity contribution is 5.44. The van der Waals surface area contributed by atoms with E-state index in [2.05, 4.69) is 9.64 Å². The van der Waals surface area contributed by atoms with Crippen LogP contribution in [0, 0.1) is 0 Å². The summed E-state index contributed by atoms with van der Waals surface area (Å²) in [5.41, 5.74) is 1.03. The Morgan fingerprint density at radius 2 is 1.53 bits per heavy atom. The van der Waals surface area contributed by atoms with Crippen LogP contribution in [0.5, 0.6) is 11.5 Å². The maximum atomic E-state index is 12.5. The molecule has 1 aromatic carbocycles. The zero-order chi connectivity index (χ0) is 21.9. The van der Waals surface area contributed by atoms with Gasteiger partial charge in [-0.15, -0.1) is 0 Å². The van der Waals surface area contributed by atoms with Crippen molar-refractivity contribution in [3.8, 4) is 11.5 Å². The third-order valence-corrected chi connectivity index (χ3v) is 4.83. The first kappa shape index (κ1) is 22.9. The number of piperazine rings is 1. The number of rotatable bonds is 7. The highest BCUT2D eigenvalue weighted by Crippen LogP contribution is 2.36. The predicted octanol–water partition coefficient (Wildman–Crippen LogP) is 2.40. The fourth-order valence-electron chi connectivity index (χ4n) is 3.36. The van der Waals surface area contributed by atoms with Crippen LogP contribution in [0.3, 0.4) is 0 Å². The standard InChI is InChI=1S/C18H22F6N2O4/c19-17(20,21)16(18(22,23)24)28-10-13(27)9-26-5-3-25(4-6-26)8-12-1-2-14-15(7-12)30-11-29-14/h1-2,7,13,16,27H,3-6,8-11H2/t13-/m1/s1. The molecule has 0 aliphatic carbocycles. The number of aliphatic hydroxyl groups is 1. The average molecular weight is 444 g/mol. The van der Waals surface area contributed by atoms with Crippen molar-refractivity contribution in [2.24, 2.45) is 0 Å². The van der Waals surface area contributed by atoms with Crippen molar-refractivity contribution >= 4 is 0 Å². The lowest BCUT2D eigenvalue weighted by Crippen LogP contribution is -2.50. The molecule has 30 heavy (non-hydrogen) atoms. The number of alkyl halides is 6. The Morgan fingerprint density at radius 3 is 2.17 bits per heavy atom. The molecule has 1 aromatic rings. The quantitative estimate of drug-likeness (QED) is 0.652. The highest BCUT2D eigenvalue weighted by Gasteiger charge is 2.58. The lowest BCUT2D eigenvalue weighted by atomic mass is 10.1. The molecule has 2 heterocycles. The van der Waals surface area contributed by atoms with Crippen LogP contribution in [-0.4, -0.2) is 85.6 Å². The van der Waals surface area contributed by atoms with E-state index in [1.54, 1.807) is 4.90 Å². The molecule has 0 spiro atoms. The topological polar surface area (TPSA) is 54.4 Å². The molecule has 1 fully saturated rings. The van der Waals surface area contributed by atoms with Gasteiger partial charge in [-0.2, -0.15) is 26.3 Å². The maximum Gasteiger partial charge on any atom is 0.423 e. The van der Waals surface area contributed by atoms with E-state index in [1.807, 2.05) is 18.2 Å². The molecule has 0 radical (unpaired) electrons. The average Bonchev–Trinajstić information content (AvgIpc) is 3.09. The van der Waals surface area contributed by atoms with Crippen LogP contribution < -0.4 is 9.47 Å². The third kappa shape index (κ3) is 6.13. The normalized spacial score (nSPS) is 19.5. The maximum absolute atomic E-state index is 12.5. The molecule has 2 aliphatic heterocycles. The number of hydrogen-bond acceptors (Lipinski definition) is 6. The highest BCUT2D eigenvalue weighted by atomic mass is 19.4. The molecule has 0 bridgehead atoms. The van der Waals surface area contributed by atoms with E-state index in [0.717, 1.165) is 5.56 Å². The Hall–Kier alpha value is -1.76. The smallest absolute Gasteiger partial charge is 0.423 e. The van der Waals surface area contributed by atoms with Crippen molar-refractivity contribution in [3.05, 3.63) is 23.8 Å². The monoisotopic (exact) mass is 444 g/mol. The van der Waals surface area contributed by atoms with Gasteiger partial charge in [0.1, 0.15) is 0 Å². The fourth-order valence-corrected chi connectivity index (χ4v) is 3.36. The van der Waals surface area contributed by atoms with Crippen molar-refractivity contribution in [1.29, 1.82) is 0 Å². The number of ether oxygens (including phenoxy) is 3. The molecule has 12 heteroatoms. The van der Waals surface area contributed by atoms with Gasteiger partial charge >= 0.3 is 12.4 Å². The molecule has 1 N–H and O–H groups in total. The molecule has 0 unspecified atom stereocenters. The van der Waals surface area contributed by atoms with Crippen LogP contribution in [-0.2, 0) is 11.3 Å². The Labute approximate surface area is 168 Å². The van der Waals surface area contributed by atoms with Crippen LogP contribution in [0.2, 0.25) is 0 Å². The van der Waals surface area contributed by atoms with E-state index >= 15 is 0 Å². The summed E-state index contributed by atoms with van der Waals surface area (Å²) in [5, 5.41) is 9.83. The van der Waals surface area contributed by atoms with Gasteiger partial charge in [-0.1, -0.05) is 6.07 Å². The third-order valence-electron chi connectivity index (χ3n) is 4.83. The van der Waals surface area contributed by atoms with E-state index < -0.39 is 31.2 Å². The lowest BCUT2D eigenvalue weighted by Gasteiger charge is -2.35. The molecule has 0 aromatic heterocycles. The Bertz CT molecular complexity index is 693. The molecular formula is C18H22F6N2O4. The summed E-state index contributed by atoms with van der Waals surface area (Å²) in [6.45, 7) is 2.03. The zero-order valence-corrected chi connectivity index (χ0v) is 15.9. The van der Waals surface area contributed by atoms with Gasteiger partial charge in [-0.3, -0.25) is 9.80 Å². The van der Waals surface area contributed by atoms with Crippen molar-refractivity contribution in [2.75, 3.05) is 46.1 Å². The Balaban J connectivity index is 1.41. The van der Waals surface area contributed by atoms with Gasteiger partial charge in [0, 0.05) is 39.3 Å². The number of halogens is 6. The van der Waals surface area contributed by atoms with Gasteiger partial charge in [0.15, 0.2) is 11.5 Å². The van der Waals surface area contributed by atoms with E-state index in [0.29, 0.717) is 44.2 Å². The van der Waals surface area contributed by atoms with Gasteiger partial charge < -0.3 is 19.3 Å². The Morgan fingerprint density at radius 1 is 0.933 bits per heavy atom. The predicted molar refractivity (Wildman–Crippen MR) is 92.1 cm³/mol. The number of benzene rings is 1. The summed E-state index contributed by atoms with van der Waals surface area (Å²) in [7, 11) is 0. The van der Waals surface area contributed by atoms with Crippen LogP contribution in [0.15, 0.2) is 18.2 Å². The van der Waals surface area contributed by atoms with Crippen LogP contribution in [0.25, 0.3) is 0 Å². The molecule has 6 nitrogen and oxygen atoms in total. The summed E-state index contributed by atoms with van der Waals surface area (Å²) in [6, 6.07) is 5.66. The van der Waals surface area contributed by atoms with Crippen molar-refractivity contribution in [2.45, 2.75) is 31.1 Å². The molecular weight excluding hydrogens is 422 g/mol. The van der Waals surface area contributed by atoms with E-state index in [9.17, 15) is 31.4 Å².